The van der Waals surface area contributed by atoms with Crippen LogP contribution in [0.25, 0.3) is 0 Å². The van der Waals surface area contributed by atoms with E-state index in [-0.39, 0.29) is 0 Å². The SMILES string of the molecule is CCCCN(C)CCCCC(C)NCC. The van der Waals surface area contributed by atoms with E-state index >= 15 is 0 Å². The molecule has 0 aliphatic heterocycles. The maximum atomic E-state index is 3.45. The Kier molecular flexibility index (Phi) is 10.4. The van der Waals surface area contributed by atoms with Gasteiger partial charge in [0.15, 0.2) is 0 Å². The lowest BCUT2D eigenvalue weighted by atomic mass is 10.1. The minimum atomic E-state index is 0.691. The molecule has 0 aromatic carbocycles. The fourth-order valence-electron chi connectivity index (χ4n) is 1.82. The lowest BCUT2D eigenvalue weighted by molar-refractivity contribution is 0.316. The van der Waals surface area contributed by atoms with Gasteiger partial charge in [-0.15, -0.1) is 0 Å². The third-order valence-corrected chi connectivity index (χ3v) is 2.87. The summed E-state index contributed by atoms with van der Waals surface area (Å²) in [6, 6.07) is 0.691. The summed E-state index contributed by atoms with van der Waals surface area (Å²) in [4.78, 5) is 2.46. The van der Waals surface area contributed by atoms with Gasteiger partial charge in [-0.2, -0.15) is 0 Å². The molecular weight excluding hydrogens is 184 g/mol. The number of rotatable bonds is 10. The predicted molar refractivity (Wildman–Crippen MR) is 69.4 cm³/mol. The summed E-state index contributed by atoms with van der Waals surface area (Å²) in [5, 5.41) is 3.45. The normalized spacial score (nSPS) is 13.4. The lowest BCUT2D eigenvalue weighted by Crippen LogP contribution is -2.26. The molecule has 0 saturated carbocycles. The van der Waals surface area contributed by atoms with Crippen molar-refractivity contribution in [1.29, 1.82) is 0 Å². The average Bonchev–Trinajstić information content (AvgIpc) is 2.22. The summed E-state index contributed by atoms with van der Waals surface area (Å²) in [5.41, 5.74) is 0. The van der Waals surface area contributed by atoms with Crippen LogP contribution in [-0.2, 0) is 0 Å². The van der Waals surface area contributed by atoms with E-state index in [2.05, 4.69) is 38.0 Å². The summed E-state index contributed by atoms with van der Waals surface area (Å²) in [7, 11) is 2.24. The highest BCUT2D eigenvalue weighted by molar-refractivity contribution is 4.60. The molecule has 92 valence electrons. The molecule has 0 spiro atoms. The van der Waals surface area contributed by atoms with Gasteiger partial charge >= 0.3 is 0 Å². The zero-order chi connectivity index (χ0) is 11.5. The largest absolute Gasteiger partial charge is 0.315 e. The highest BCUT2D eigenvalue weighted by atomic mass is 15.1. The Balaban J connectivity index is 3.22. The number of hydrogen-bond donors (Lipinski definition) is 1. The topological polar surface area (TPSA) is 15.3 Å². The minimum Gasteiger partial charge on any atom is -0.315 e. The smallest absolute Gasteiger partial charge is 0.00386 e. The molecule has 1 atom stereocenters. The molecule has 0 aliphatic rings. The molecular formula is C13H30N2. The van der Waals surface area contributed by atoms with Crippen LogP contribution in [0.5, 0.6) is 0 Å². The third-order valence-electron chi connectivity index (χ3n) is 2.87. The first-order valence-electron chi connectivity index (χ1n) is 6.62. The number of hydrogen-bond acceptors (Lipinski definition) is 2. The highest BCUT2D eigenvalue weighted by Crippen LogP contribution is 2.02. The second-order valence-electron chi connectivity index (χ2n) is 4.61. The van der Waals surface area contributed by atoms with Crippen LogP contribution in [0.3, 0.4) is 0 Å². The first-order chi connectivity index (χ1) is 7.20. The Labute approximate surface area is 96.4 Å². The molecule has 1 unspecified atom stereocenters. The predicted octanol–water partition coefficient (Wildman–Crippen LogP) is 2.89. The second-order valence-corrected chi connectivity index (χ2v) is 4.61. The van der Waals surface area contributed by atoms with Crippen LogP contribution in [0, 0.1) is 0 Å². The van der Waals surface area contributed by atoms with Crippen molar-refractivity contribution < 1.29 is 0 Å². The Morgan fingerprint density at radius 2 is 1.73 bits per heavy atom. The van der Waals surface area contributed by atoms with Gasteiger partial charge in [0, 0.05) is 6.04 Å². The molecule has 0 bridgehead atoms. The summed E-state index contributed by atoms with van der Waals surface area (Å²) in [5.74, 6) is 0. The fourth-order valence-corrected chi connectivity index (χ4v) is 1.82. The van der Waals surface area contributed by atoms with E-state index in [0.29, 0.717) is 6.04 Å². The molecule has 15 heavy (non-hydrogen) atoms. The van der Waals surface area contributed by atoms with Crippen molar-refractivity contribution in [2.75, 3.05) is 26.7 Å². The zero-order valence-electron chi connectivity index (χ0n) is 11.2. The zero-order valence-corrected chi connectivity index (χ0v) is 11.2. The van der Waals surface area contributed by atoms with Gasteiger partial charge in [0.2, 0.25) is 0 Å². The molecule has 0 amide bonds. The van der Waals surface area contributed by atoms with Crippen molar-refractivity contribution in [3.05, 3.63) is 0 Å². The highest BCUT2D eigenvalue weighted by Gasteiger charge is 2.00. The molecule has 0 aliphatic carbocycles. The van der Waals surface area contributed by atoms with Crippen LogP contribution in [0.15, 0.2) is 0 Å². The fraction of sp³-hybridized carbons (Fsp3) is 1.00. The summed E-state index contributed by atoms with van der Waals surface area (Å²) in [6.07, 6.45) is 6.65. The minimum absolute atomic E-state index is 0.691. The van der Waals surface area contributed by atoms with E-state index in [9.17, 15) is 0 Å². The van der Waals surface area contributed by atoms with Crippen LogP contribution >= 0.6 is 0 Å². The van der Waals surface area contributed by atoms with Crippen LogP contribution in [0.1, 0.15) is 52.9 Å². The summed E-state index contributed by atoms with van der Waals surface area (Å²) < 4.78 is 0. The number of nitrogens with one attached hydrogen (secondary N) is 1. The third kappa shape index (κ3) is 10.2. The lowest BCUT2D eigenvalue weighted by Gasteiger charge is -2.17. The van der Waals surface area contributed by atoms with Crippen molar-refractivity contribution in [2.24, 2.45) is 0 Å². The van der Waals surface area contributed by atoms with Crippen LogP contribution < -0.4 is 5.32 Å². The van der Waals surface area contributed by atoms with Gasteiger partial charge in [0.05, 0.1) is 0 Å². The van der Waals surface area contributed by atoms with Gasteiger partial charge in [-0.25, -0.2) is 0 Å². The van der Waals surface area contributed by atoms with E-state index in [1.54, 1.807) is 0 Å². The maximum absolute atomic E-state index is 3.45. The monoisotopic (exact) mass is 214 g/mol. The van der Waals surface area contributed by atoms with Gasteiger partial charge in [-0.1, -0.05) is 26.7 Å². The Morgan fingerprint density at radius 3 is 2.33 bits per heavy atom. The average molecular weight is 214 g/mol. The van der Waals surface area contributed by atoms with Gasteiger partial charge in [0.25, 0.3) is 0 Å². The Bertz CT molecular complexity index is 126. The number of nitrogens with zero attached hydrogens (tertiary/aromatic N) is 1. The second kappa shape index (κ2) is 10.4. The summed E-state index contributed by atoms with van der Waals surface area (Å²) >= 11 is 0. The van der Waals surface area contributed by atoms with Crippen LogP contribution in [0.2, 0.25) is 0 Å². The molecule has 2 nitrogen and oxygen atoms in total. The Hall–Kier alpha value is -0.0800. The molecule has 0 heterocycles. The van der Waals surface area contributed by atoms with Crippen molar-refractivity contribution in [1.82, 2.24) is 10.2 Å². The molecule has 0 fully saturated rings. The quantitative estimate of drug-likeness (QED) is 0.563. The van der Waals surface area contributed by atoms with E-state index in [1.165, 1.54) is 45.2 Å². The first kappa shape index (κ1) is 14.9. The first-order valence-corrected chi connectivity index (χ1v) is 6.62. The van der Waals surface area contributed by atoms with Gasteiger partial charge in [-0.05, 0) is 52.9 Å². The van der Waals surface area contributed by atoms with Crippen molar-refractivity contribution >= 4 is 0 Å². The van der Waals surface area contributed by atoms with E-state index in [0.717, 1.165) is 6.54 Å². The standard InChI is InChI=1S/C13H30N2/c1-5-7-11-15(4)12-9-8-10-13(3)14-6-2/h13-14H,5-12H2,1-4H3. The van der Waals surface area contributed by atoms with Gasteiger partial charge in [-0.3, -0.25) is 0 Å². The molecule has 0 saturated heterocycles. The molecule has 2 heteroatoms. The molecule has 0 radical (unpaired) electrons. The van der Waals surface area contributed by atoms with E-state index in [1.807, 2.05) is 0 Å². The van der Waals surface area contributed by atoms with Crippen LogP contribution in [-0.4, -0.2) is 37.6 Å². The molecule has 0 aromatic rings. The molecule has 0 rings (SSSR count). The van der Waals surface area contributed by atoms with Crippen molar-refractivity contribution in [2.45, 2.75) is 58.9 Å². The van der Waals surface area contributed by atoms with Crippen LogP contribution in [0.4, 0.5) is 0 Å². The van der Waals surface area contributed by atoms with Crippen molar-refractivity contribution in [3.8, 4) is 0 Å². The summed E-state index contributed by atoms with van der Waals surface area (Å²) in [6.45, 7) is 10.3. The van der Waals surface area contributed by atoms with E-state index < -0.39 is 0 Å². The van der Waals surface area contributed by atoms with Gasteiger partial charge in [0.1, 0.15) is 0 Å². The van der Waals surface area contributed by atoms with Crippen molar-refractivity contribution in [3.63, 3.8) is 0 Å². The maximum Gasteiger partial charge on any atom is 0.00386 e. The Morgan fingerprint density at radius 1 is 1.07 bits per heavy atom. The molecule has 0 aromatic heterocycles. The van der Waals surface area contributed by atoms with Gasteiger partial charge < -0.3 is 10.2 Å². The molecule has 1 N–H and O–H groups in total. The van der Waals surface area contributed by atoms with E-state index in [4.69, 9.17) is 0 Å². The number of unbranched alkanes of at least 4 members (excludes halogenated alkanes) is 2.